The van der Waals surface area contributed by atoms with Crippen molar-refractivity contribution in [3.8, 4) is 11.5 Å². The van der Waals surface area contributed by atoms with Gasteiger partial charge in [-0.3, -0.25) is 10.2 Å². The van der Waals surface area contributed by atoms with Gasteiger partial charge in [-0.05, 0) is 42.8 Å². The number of hydrazine groups is 1. The van der Waals surface area contributed by atoms with Crippen LogP contribution in [-0.4, -0.2) is 28.5 Å². The minimum absolute atomic E-state index is 0.134. The first kappa shape index (κ1) is 18.7. The molecule has 134 valence electrons. The normalized spacial score (nSPS) is 11.0. The van der Waals surface area contributed by atoms with Gasteiger partial charge in [0.25, 0.3) is 15.9 Å². The highest BCUT2D eigenvalue weighted by molar-refractivity contribution is 7.89. The second-order valence-corrected chi connectivity index (χ2v) is 6.72. The number of ether oxygens (including phenoxy) is 2. The van der Waals surface area contributed by atoms with Crippen LogP contribution in [0.15, 0.2) is 41.3 Å². The molecule has 0 bridgehead atoms. The Morgan fingerprint density at radius 1 is 1.04 bits per heavy atom. The average molecular weight is 368 g/mol. The number of sulfonamides is 1. The van der Waals surface area contributed by atoms with Crippen LogP contribution < -0.4 is 19.7 Å². The van der Waals surface area contributed by atoms with E-state index in [9.17, 15) is 17.6 Å². The molecule has 25 heavy (non-hydrogen) atoms. The molecule has 2 aromatic rings. The molecule has 0 radical (unpaired) electrons. The van der Waals surface area contributed by atoms with Gasteiger partial charge in [0, 0.05) is 11.6 Å². The zero-order valence-corrected chi connectivity index (χ0v) is 14.6. The van der Waals surface area contributed by atoms with Crippen molar-refractivity contribution in [1.29, 1.82) is 0 Å². The van der Waals surface area contributed by atoms with Gasteiger partial charge in [-0.25, -0.2) is 12.8 Å². The highest BCUT2D eigenvalue weighted by atomic mass is 32.2. The number of nitrogens with one attached hydrogen (secondary N) is 2. The maximum absolute atomic E-state index is 13.1. The van der Waals surface area contributed by atoms with Crippen LogP contribution in [0.1, 0.15) is 15.9 Å². The number of methoxy groups -OCH3 is 2. The van der Waals surface area contributed by atoms with E-state index in [1.807, 2.05) is 4.83 Å². The van der Waals surface area contributed by atoms with E-state index in [0.29, 0.717) is 11.5 Å². The molecule has 2 aromatic carbocycles. The van der Waals surface area contributed by atoms with Crippen LogP contribution in [0.2, 0.25) is 0 Å². The molecule has 0 aliphatic carbocycles. The van der Waals surface area contributed by atoms with Crippen molar-refractivity contribution in [3.63, 3.8) is 0 Å². The SMILES string of the molecule is COc1cc(OC)cc(C(=O)NNS(=O)(=O)c2ccc(F)cc2C)c1. The van der Waals surface area contributed by atoms with Crippen LogP contribution in [0.25, 0.3) is 0 Å². The fraction of sp³-hybridized carbons (Fsp3) is 0.188. The summed E-state index contributed by atoms with van der Waals surface area (Å²) in [4.78, 5) is 14.0. The average Bonchev–Trinajstić information content (AvgIpc) is 2.58. The molecule has 0 saturated carbocycles. The van der Waals surface area contributed by atoms with Gasteiger partial charge in [0.2, 0.25) is 0 Å². The molecule has 0 atom stereocenters. The molecular formula is C16H17FN2O5S. The largest absolute Gasteiger partial charge is 0.497 e. The Labute approximate surface area is 144 Å². The Morgan fingerprint density at radius 2 is 1.64 bits per heavy atom. The predicted molar refractivity (Wildman–Crippen MR) is 88.5 cm³/mol. The van der Waals surface area contributed by atoms with Crippen molar-refractivity contribution >= 4 is 15.9 Å². The molecule has 0 aliphatic rings. The Bertz CT molecular complexity index is 877. The Hall–Kier alpha value is -2.65. The van der Waals surface area contributed by atoms with E-state index in [1.54, 1.807) is 6.07 Å². The monoisotopic (exact) mass is 368 g/mol. The van der Waals surface area contributed by atoms with Crippen molar-refractivity contribution in [2.24, 2.45) is 0 Å². The minimum atomic E-state index is -4.05. The number of hydrogen-bond donors (Lipinski definition) is 2. The van der Waals surface area contributed by atoms with Crippen LogP contribution in [0.3, 0.4) is 0 Å². The lowest BCUT2D eigenvalue weighted by Crippen LogP contribution is -2.41. The quantitative estimate of drug-likeness (QED) is 0.758. The molecular weight excluding hydrogens is 351 g/mol. The summed E-state index contributed by atoms with van der Waals surface area (Å²) in [6.07, 6.45) is 0. The number of hydrogen-bond acceptors (Lipinski definition) is 5. The molecule has 0 fully saturated rings. The number of rotatable bonds is 6. The molecule has 9 heteroatoms. The summed E-state index contributed by atoms with van der Waals surface area (Å²) in [7, 11) is -1.20. The minimum Gasteiger partial charge on any atom is -0.497 e. The van der Waals surface area contributed by atoms with Crippen LogP contribution in [0, 0.1) is 12.7 Å². The molecule has 0 unspecified atom stereocenters. The van der Waals surface area contributed by atoms with Crippen LogP contribution in [0.5, 0.6) is 11.5 Å². The van der Waals surface area contributed by atoms with E-state index in [1.165, 1.54) is 33.3 Å². The fourth-order valence-corrected chi connectivity index (χ4v) is 3.16. The number of aryl methyl sites for hydroxylation is 1. The number of halogens is 1. The fourth-order valence-electron chi connectivity index (χ4n) is 2.09. The van der Waals surface area contributed by atoms with Crippen molar-refractivity contribution in [2.45, 2.75) is 11.8 Å². The highest BCUT2D eigenvalue weighted by Crippen LogP contribution is 2.22. The lowest BCUT2D eigenvalue weighted by Gasteiger charge is -2.12. The van der Waals surface area contributed by atoms with E-state index in [2.05, 4.69) is 5.43 Å². The topological polar surface area (TPSA) is 93.7 Å². The second-order valence-electron chi connectivity index (χ2n) is 5.07. The number of carbonyl (C=O) groups is 1. The van der Waals surface area contributed by atoms with Gasteiger partial charge >= 0.3 is 0 Å². The molecule has 1 amide bonds. The molecule has 0 spiro atoms. The van der Waals surface area contributed by atoms with Gasteiger partial charge in [-0.15, -0.1) is 4.83 Å². The number of carbonyl (C=O) groups excluding carboxylic acids is 1. The van der Waals surface area contributed by atoms with E-state index in [0.717, 1.165) is 18.2 Å². The molecule has 0 saturated heterocycles. The van der Waals surface area contributed by atoms with Gasteiger partial charge in [-0.1, -0.05) is 0 Å². The van der Waals surface area contributed by atoms with Crippen LogP contribution >= 0.6 is 0 Å². The summed E-state index contributed by atoms with van der Waals surface area (Å²) in [6.45, 7) is 1.45. The summed E-state index contributed by atoms with van der Waals surface area (Å²) < 4.78 is 47.7. The first-order chi connectivity index (χ1) is 11.8. The van der Waals surface area contributed by atoms with Crippen LogP contribution in [-0.2, 0) is 10.0 Å². The van der Waals surface area contributed by atoms with Gasteiger partial charge < -0.3 is 9.47 Å². The number of amides is 1. The Morgan fingerprint density at radius 3 is 2.16 bits per heavy atom. The van der Waals surface area contributed by atoms with Crippen molar-refractivity contribution in [1.82, 2.24) is 10.3 Å². The third-order valence-corrected chi connectivity index (χ3v) is 4.75. The molecule has 2 rings (SSSR count). The van der Waals surface area contributed by atoms with E-state index in [4.69, 9.17) is 9.47 Å². The zero-order valence-electron chi connectivity index (χ0n) is 13.8. The first-order valence-electron chi connectivity index (χ1n) is 7.08. The maximum Gasteiger partial charge on any atom is 0.266 e. The van der Waals surface area contributed by atoms with Crippen LogP contribution in [0.4, 0.5) is 4.39 Å². The van der Waals surface area contributed by atoms with Crippen molar-refractivity contribution in [2.75, 3.05) is 14.2 Å². The third kappa shape index (κ3) is 4.46. The highest BCUT2D eigenvalue weighted by Gasteiger charge is 2.19. The molecule has 7 nitrogen and oxygen atoms in total. The summed E-state index contributed by atoms with van der Waals surface area (Å²) in [5.74, 6) is -0.507. The summed E-state index contributed by atoms with van der Waals surface area (Å²) >= 11 is 0. The standard InChI is InChI=1S/C16H17FN2O5S/c1-10-6-12(17)4-5-15(10)25(21,22)19-18-16(20)11-7-13(23-2)9-14(8-11)24-3/h4-9,19H,1-3H3,(H,18,20). The van der Waals surface area contributed by atoms with E-state index in [-0.39, 0.29) is 16.0 Å². The van der Waals surface area contributed by atoms with Gasteiger partial charge in [-0.2, -0.15) is 0 Å². The summed E-state index contributed by atoms with van der Waals surface area (Å²) in [6, 6.07) is 7.65. The summed E-state index contributed by atoms with van der Waals surface area (Å²) in [5.41, 5.74) is 2.45. The Balaban J connectivity index is 2.19. The van der Waals surface area contributed by atoms with Gasteiger partial charge in [0.15, 0.2) is 0 Å². The zero-order chi connectivity index (χ0) is 18.6. The van der Waals surface area contributed by atoms with Crippen molar-refractivity contribution < 1.29 is 27.1 Å². The van der Waals surface area contributed by atoms with Crippen molar-refractivity contribution in [3.05, 3.63) is 53.3 Å². The van der Waals surface area contributed by atoms with E-state index < -0.39 is 21.7 Å². The van der Waals surface area contributed by atoms with Gasteiger partial charge in [0.1, 0.15) is 17.3 Å². The first-order valence-corrected chi connectivity index (χ1v) is 8.56. The molecule has 0 aromatic heterocycles. The Kier molecular flexibility index (Phi) is 5.60. The lowest BCUT2D eigenvalue weighted by molar-refractivity contribution is 0.0944. The number of benzene rings is 2. The van der Waals surface area contributed by atoms with Gasteiger partial charge in [0.05, 0.1) is 19.1 Å². The molecule has 0 heterocycles. The maximum atomic E-state index is 13.1. The third-order valence-electron chi connectivity index (χ3n) is 3.34. The summed E-state index contributed by atoms with van der Waals surface area (Å²) in [5, 5.41) is 0. The van der Waals surface area contributed by atoms with E-state index >= 15 is 0 Å². The molecule has 2 N–H and O–H groups in total. The smallest absolute Gasteiger partial charge is 0.266 e. The molecule has 0 aliphatic heterocycles. The lowest BCUT2D eigenvalue weighted by atomic mass is 10.2. The second kappa shape index (κ2) is 7.49. The predicted octanol–water partition coefficient (Wildman–Crippen LogP) is 1.77.